The monoisotopic (exact) mass is 288 g/mol. The van der Waals surface area contributed by atoms with Crippen LogP contribution in [-0.4, -0.2) is 28.6 Å². The number of fused-ring (bicyclic) bond motifs is 1. The van der Waals surface area contributed by atoms with Crippen molar-refractivity contribution in [1.29, 1.82) is 0 Å². The van der Waals surface area contributed by atoms with Gasteiger partial charge in [-0.15, -0.1) is 0 Å². The van der Waals surface area contributed by atoms with E-state index < -0.39 is 6.10 Å². The molecule has 112 valence electrons. The molecule has 1 heterocycles. The number of aromatic amines is 1. The molecule has 0 aliphatic heterocycles. The van der Waals surface area contributed by atoms with E-state index >= 15 is 0 Å². The highest BCUT2D eigenvalue weighted by molar-refractivity contribution is 5.96. The molecule has 1 aromatic heterocycles. The summed E-state index contributed by atoms with van der Waals surface area (Å²) < 4.78 is 0. The quantitative estimate of drug-likeness (QED) is 0.782. The van der Waals surface area contributed by atoms with Crippen LogP contribution in [0.1, 0.15) is 30.8 Å². The van der Waals surface area contributed by atoms with Crippen molar-refractivity contribution in [3.63, 3.8) is 0 Å². The van der Waals surface area contributed by atoms with Crippen LogP contribution < -0.4 is 10.9 Å². The molecule has 3 N–H and O–H groups in total. The van der Waals surface area contributed by atoms with Crippen molar-refractivity contribution in [3.8, 4) is 0 Å². The Kier molecular flexibility index (Phi) is 4.75. The van der Waals surface area contributed by atoms with Crippen LogP contribution in [0.4, 0.5) is 0 Å². The first kappa shape index (κ1) is 15.3. The molecule has 0 saturated carbocycles. The number of benzene rings is 1. The van der Waals surface area contributed by atoms with Crippen molar-refractivity contribution in [2.45, 2.75) is 26.4 Å². The zero-order chi connectivity index (χ0) is 15.4. The van der Waals surface area contributed by atoms with Gasteiger partial charge < -0.3 is 15.4 Å². The van der Waals surface area contributed by atoms with Gasteiger partial charge in [-0.2, -0.15) is 0 Å². The van der Waals surface area contributed by atoms with Crippen LogP contribution in [0.3, 0.4) is 0 Å². The summed E-state index contributed by atoms with van der Waals surface area (Å²) in [5.74, 6) is -0.184. The smallest absolute Gasteiger partial charge is 0.267 e. The van der Waals surface area contributed by atoms with Gasteiger partial charge in [0.05, 0.1) is 6.10 Å². The number of carbonyl (C=O) groups is 1. The highest BCUT2D eigenvalue weighted by atomic mass is 16.3. The van der Waals surface area contributed by atoms with Gasteiger partial charge in [0.25, 0.3) is 11.5 Å². The van der Waals surface area contributed by atoms with E-state index in [1.807, 2.05) is 19.9 Å². The van der Waals surface area contributed by atoms with Gasteiger partial charge in [-0.1, -0.05) is 32.0 Å². The Balaban J connectivity index is 2.08. The molecule has 2 aromatic rings. The summed E-state index contributed by atoms with van der Waals surface area (Å²) in [6.45, 7) is 4.22. The third kappa shape index (κ3) is 3.70. The number of amides is 1. The van der Waals surface area contributed by atoms with Crippen LogP contribution in [0.2, 0.25) is 0 Å². The molecular formula is C16H20N2O3. The number of rotatable bonds is 5. The Morgan fingerprint density at radius 1 is 1.33 bits per heavy atom. The first-order valence-corrected chi connectivity index (χ1v) is 7.07. The van der Waals surface area contributed by atoms with Gasteiger partial charge in [0.1, 0.15) is 5.69 Å². The number of pyridine rings is 1. The third-order valence-electron chi connectivity index (χ3n) is 3.49. The maximum atomic E-state index is 12.0. The lowest BCUT2D eigenvalue weighted by molar-refractivity contribution is 0.0915. The lowest BCUT2D eigenvalue weighted by atomic mass is 10.0. The summed E-state index contributed by atoms with van der Waals surface area (Å²) >= 11 is 0. The minimum absolute atomic E-state index is 0.155. The van der Waals surface area contributed by atoms with Crippen molar-refractivity contribution in [1.82, 2.24) is 10.3 Å². The zero-order valence-electron chi connectivity index (χ0n) is 12.2. The largest absolute Gasteiger partial charge is 0.393 e. The predicted octanol–water partition coefficient (Wildman–Crippen LogP) is 1.66. The minimum Gasteiger partial charge on any atom is -0.393 e. The number of H-pyrrole nitrogens is 1. The molecule has 5 nitrogen and oxygen atoms in total. The maximum Gasteiger partial charge on any atom is 0.267 e. The van der Waals surface area contributed by atoms with E-state index in [1.54, 1.807) is 24.3 Å². The molecule has 1 unspecified atom stereocenters. The first-order chi connectivity index (χ1) is 9.99. The molecule has 0 fully saturated rings. The van der Waals surface area contributed by atoms with E-state index in [2.05, 4.69) is 10.3 Å². The lowest BCUT2D eigenvalue weighted by Crippen LogP contribution is -2.30. The van der Waals surface area contributed by atoms with Gasteiger partial charge in [0.15, 0.2) is 0 Å². The van der Waals surface area contributed by atoms with Crippen LogP contribution in [0, 0.1) is 5.92 Å². The van der Waals surface area contributed by atoms with Crippen molar-refractivity contribution in [2.75, 3.05) is 6.54 Å². The Morgan fingerprint density at radius 3 is 2.76 bits per heavy atom. The number of nitrogens with one attached hydrogen (secondary N) is 2. The average molecular weight is 288 g/mol. The van der Waals surface area contributed by atoms with E-state index in [0.29, 0.717) is 18.4 Å². The molecule has 1 aromatic carbocycles. The van der Waals surface area contributed by atoms with Crippen molar-refractivity contribution < 1.29 is 9.90 Å². The molecule has 0 saturated heterocycles. The highest BCUT2D eigenvalue weighted by Gasteiger charge is 2.12. The van der Waals surface area contributed by atoms with E-state index in [4.69, 9.17) is 0 Å². The van der Waals surface area contributed by atoms with Crippen molar-refractivity contribution in [2.24, 2.45) is 5.92 Å². The highest BCUT2D eigenvalue weighted by Crippen LogP contribution is 2.10. The average Bonchev–Trinajstić information content (AvgIpc) is 2.46. The molecule has 5 heteroatoms. The standard InChI is InChI=1S/C16H20N2O3/c1-10(2)14(19)7-8-17-16(21)13-9-11-5-3-4-6-12(11)15(20)18-13/h3-6,9-10,14,19H,7-8H2,1-2H3,(H,17,21)(H,18,20). The molecule has 1 atom stereocenters. The molecule has 0 aliphatic rings. The Labute approximate surface area is 123 Å². The molecule has 2 rings (SSSR count). The summed E-state index contributed by atoms with van der Waals surface area (Å²) in [5.41, 5.74) is -0.0433. The summed E-state index contributed by atoms with van der Waals surface area (Å²) in [6, 6.07) is 8.77. The fourth-order valence-electron chi connectivity index (χ4n) is 2.10. The molecule has 0 spiro atoms. The van der Waals surface area contributed by atoms with E-state index in [9.17, 15) is 14.7 Å². The number of aliphatic hydroxyl groups is 1. The van der Waals surface area contributed by atoms with Crippen molar-refractivity contribution in [3.05, 3.63) is 46.4 Å². The number of hydrogen-bond acceptors (Lipinski definition) is 3. The second-order valence-electron chi connectivity index (χ2n) is 5.46. The van der Waals surface area contributed by atoms with Gasteiger partial charge in [-0.05, 0) is 29.9 Å². The number of aromatic nitrogens is 1. The van der Waals surface area contributed by atoms with Gasteiger partial charge in [-0.25, -0.2) is 0 Å². The SMILES string of the molecule is CC(C)C(O)CCNC(=O)c1cc2ccccc2c(=O)[nH]1. The Bertz CT molecular complexity index is 691. The second-order valence-corrected chi connectivity index (χ2v) is 5.46. The fraction of sp³-hybridized carbons (Fsp3) is 0.375. The fourth-order valence-corrected chi connectivity index (χ4v) is 2.10. The van der Waals surface area contributed by atoms with E-state index in [-0.39, 0.29) is 23.1 Å². The van der Waals surface area contributed by atoms with Gasteiger partial charge in [-0.3, -0.25) is 9.59 Å². The van der Waals surface area contributed by atoms with Gasteiger partial charge in [0, 0.05) is 11.9 Å². The Morgan fingerprint density at radius 2 is 2.05 bits per heavy atom. The van der Waals surface area contributed by atoms with E-state index in [1.165, 1.54) is 0 Å². The van der Waals surface area contributed by atoms with Gasteiger partial charge in [0.2, 0.25) is 0 Å². The van der Waals surface area contributed by atoms with E-state index in [0.717, 1.165) is 5.39 Å². The second kappa shape index (κ2) is 6.54. The third-order valence-corrected chi connectivity index (χ3v) is 3.49. The number of aliphatic hydroxyl groups excluding tert-OH is 1. The number of carbonyl (C=O) groups excluding carboxylic acids is 1. The van der Waals surface area contributed by atoms with Gasteiger partial charge >= 0.3 is 0 Å². The zero-order valence-corrected chi connectivity index (χ0v) is 12.2. The summed E-state index contributed by atoms with van der Waals surface area (Å²) in [6.07, 6.45) is 0.0438. The summed E-state index contributed by atoms with van der Waals surface area (Å²) in [5, 5.41) is 13.7. The summed E-state index contributed by atoms with van der Waals surface area (Å²) in [4.78, 5) is 26.5. The topological polar surface area (TPSA) is 82.2 Å². The molecule has 0 bridgehead atoms. The maximum absolute atomic E-state index is 12.0. The minimum atomic E-state index is -0.444. The lowest BCUT2D eigenvalue weighted by Gasteiger charge is -2.14. The van der Waals surface area contributed by atoms with Crippen LogP contribution in [0.15, 0.2) is 35.1 Å². The molecule has 0 aliphatic carbocycles. The van der Waals surface area contributed by atoms with Crippen molar-refractivity contribution >= 4 is 16.7 Å². The molecule has 1 amide bonds. The normalized spacial score (nSPS) is 12.6. The predicted molar refractivity (Wildman–Crippen MR) is 82.4 cm³/mol. The Hall–Kier alpha value is -2.14. The van der Waals surface area contributed by atoms with Crippen LogP contribution in [0.5, 0.6) is 0 Å². The van der Waals surface area contributed by atoms with Crippen LogP contribution in [-0.2, 0) is 0 Å². The summed E-state index contributed by atoms with van der Waals surface area (Å²) in [7, 11) is 0. The first-order valence-electron chi connectivity index (χ1n) is 7.07. The molecule has 0 radical (unpaired) electrons. The van der Waals surface area contributed by atoms with Crippen LogP contribution >= 0.6 is 0 Å². The van der Waals surface area contributed by atoms with Crippen LogP contribution in [0.25, 0.3) is 10.8 Å². The molecule has 21 heavy (non-hydrogen) atoms. The molecular weight excluding hydrogens is 268 g/mol. The number of hydrogen-bond donors (Lipinski definition) is 3.